The minimum absolute atomic E-state index is 0.251. The molecule has 0 aliphatic carbocycles. The van der Waals surface area contributed by atoms with Crippen LogP contribution in [-0.2, 0) is 18.3 Å². The molecule has 0 unspecified atom stereocenters. The highest BCUT2D eigenvalue weighted by molar-refractivity contribution is 5.83. The van der Waals surface area contributed by atoms with E-state index in [2.05, 4.69) is 0 Å². The summed E-state index contributed by atoms with van der Waals surface area (Å²) in [6, 6.07) is 7.11. The number of phenols is 1. The van der Waals surface area contributed by atoms with Crippen LogP contribution in [0.3, 0.4) is 0 Å². The van der Waals surface area contributed by atoms with Crippen LogP contribution in [-0.4, -0.2) is 16.0 Å². The number of hydrogen-bond acceptors (Lipinski definition) is 2. The number of nitrogens with zero attached hydrogens (tertiary/aromatic N) is 1. The summed E-state index contributed by atoms with van der Waals surface area (Å²) in [4.78, 5) is 10.4. The molecule has 72 valence electrons. The molecule has 1 N–H and O–H groups in total. The van der Waals surface area contributed by atoms with Gasteiger partial charge in [-0.1, -0.05) is 0 Å². The van der Waals surface area contributed by atoms with Gasteiger partial charge in [0, 0.05) is 30.1 Å². The fraction of sp³-hybridized carbons (Fsp3) is 0.182. The quantitative estimate of drug-likeness (QED) is 0.729. The molecule has 3 heteroatoms. The molecule has 0 bridgehead atoms. The highest BCUT2D eigenvalue weighted by Crippen LogP contribution is 2.22. The molecule has 0 radical (unpaired) electrons. The van der Waals surface area contributed by atoms with Crippen LogP contribution < -0.4 is 0 Å². The normalized spacial score (nSPS) is 10.6. The van der Waals surface area contributed by atoms with Gasteiger partial charge in [-0.25, -0.2) is 0 Å². The Bertz CT molecular complexity index is 485. The van der Waals surface area contributed by atoms with Crippen LogP contribution in [0.2, 0.25) is 0 Å². The van der Waals surface area contributed by atoms with Crippen LogP contribution >= 0.6 is 0 Å². The number of rotatable bonds is 2. The maximum absolute atomic E-state index is 10.4. The summed E-state index contributed by atoms with van der Waals surface area (Å²) >= 11 is 0. The third-order valence-corrected chi connectivity index (χ3v) is 2.42. The Morgan fingerprint density at radius 2 is 2.21 bits per heavy atom. The summed E-state index contributed by atoms with van der Waals surface area (Å²) in [7, 11) is 1.91. The van der Waals surface area contributed by atoms with Crippen LogP contribution in [0, 0.1) is 0 Å². The van der Waals surface area contributed by atoms with Crippen molar-refractivity contribution in [3.05, 3.63) is 30.0 Å². The first-order valence-corrected chi connectivity index (χ1v) is 4.43. The van der Waals surface area contributed by atoms with E-state index in [1.54, 1.807) is 12.1 Å². The molecule has 1 heterocycles. The van der Waals surface area contributed by atoms with E-state index in [1.807, 2.05) is 23.7 Å². The van der Waals surface area contributed by atoms with E-state index in [0.717, 1.165) is 22.9 Å². The van der Waals surface area contributed by atoms with Crippen LogP contribution in [0.5, 0.6) is 5.75 Å². The number of fused-ring (bicyclic) bond motifs is 1. The largest absolute Gasteiger partial charge is 0.508 e. The zero-order valence-corrected chi connectivity index (χ0v) is 7.90. The lowest BCUT2D eigenvalue weighted by molar-refractivity contribution is -0.107. The molecular formula is C11H11NO2. The average Bonchev–Trinajstić information content (AvgIpc) is 2.44. The molecule has 2 aromatic rings. The maximum Gasteiger partial charge on any atom is 0.125 e. The number of carbonyl (C=O) groups excluding carboxylic acids is 1. The van der Waals surface area contributed by atoms with Crippen molar-refractivity contribution in [1.29, 1.82) is 0 Å². The van der Waals surface area contributed by atoms with E-state index in [9.17, 15) is 9.90 Å². The van der Waals surface area contributed by atoms with Gasteiger partial charge in [-0.2, -0.15) is 0 Å². The summed E-state index contributed by atoms with van der Waals surface area (Å²) in [5, 5.41) is 10.2. The molecule has 0 aliphatic heterocycles. The van der Waals surface area contributed by atoms with Gasteiger partial charge < -0.3 is 14.5 Å². The fourth-order valence-electron chi connectivity index (χ4n) is 1.68. The zero-order valence-electron chi connectivity index (χ0n) is 7.90. The molecule has 0 fully saturated rings. The SMILES string of the molecule is Cn1c(CC=O)cc2cc(O)ccc21. The van der Waals surface area contributed by atoms with Gasteiger partial charge in [0.25, 0.3) is 0 Å². The molecule has 14 heavy (non-hydrogen) atoms. The Kier molecular flexibility index (Phi) is 2.00. The predicted molar refractivity (Wildman–Crippen MR) is 54.4 cm³/mol. The number of carbonyl (C=O) groups is 1. The van der Waals surface area contributed by atoms with E-state index in [0.29, 0.717) is 6.42 Å². The van der Waals surface area contributed by atoms with Crippen molar-refractivity contribution < 1.29 is 9.90 Å². The average molecular weight is 189 g/mol. The number of aldehydes is 1. The van der Waals surface area contributed by atoms with E-state index >= 15 is 0 Å². The van der Waals surface area contributed by atoms with Crippen molar-refractivity contribution in [1.82, 2.24) is 4.57 Å². The Morgan fingerprint density at radius 3 is 2.93 bits per heavy atom. The van der Waals surface area contributed by atoms with Crippen molar-refractivity contribution in [3.8, 4) is 5.75 Å². The molecule has 3 nitrogen and oxygen atoms in total. The van der Waals surface area contributed by atoms with Gasteiger partial charge in [0.05, 0.1) is 0 Å². The first-order valence-electron chi connectivity index (χ1n) is 4.43. The Hall–Kier alpha value is -1.77. The highest BCUT2D eigenvalue weighted by Gasteiger charge is 2.05. The van der Waals surface area contributed by atoms with Crippen LogP contribution in [0.1, 0.15) is 5.69 Å². The zero-order chi connectivity index (χ0) is 10.1. The van der Waals surface area contributed by atoms with Gasteiger partial charge in [0.1, 0.15) is 12.0 Å². The summed E-state index contributed by atoms with van der Waals surface area (Å²) < 4.78 is 1.96. The summed E-state index contributed by atoms with van der Waals surface area (Å²) in [5.41, 5.74) is 1.99. The number of aromatic nitrogens is 1. The first kappa shape index (κ1) is 8.81. The van der Waals surface area contributed by atoms with Crippen LogP contribution in [0.25, 0.3) is 10.9 Å². The monoisotopic (exact) mass is 189 g/mol. The second-order valence-electron chi connectivity index (χ2n) is 3.31. The third kappa shape index (κ3) is 1.27. The van der Waals surface area contributed by atoms with E-state index in [-0.39, 0.29) is 5.75 Å². The van der Waals surface area contributed by atoms with Gasteiger partial charge >= 0.3 is 0 Å². The number of aromatic hydroxyl groups is 1. The van der Waals surface area contributed by atoms with Gasteiger partial charge in [0.2, 0.25) is 0 Å². The van der Waals surface area contributed by atoms with Crippen molar-refractivity contribution in [3.63, 3.8) is 0 Å². The van der Waals surface area contributed by atoms with Gasteiger partial charge in [-0.3, -0.25) is 0 Å². The molecule has 0 saturated heterocycles. The van der Waals surface area contributed by atoms with Crippen molar-refractivity contribution in [2.75, 3.05) is 0 Å². The Labute approximate surface area is 81.6 Å². The van der Waals surface area contributed by atoms with Crippen molar-refractivity contribution >= 4 is 17.2 Å². The molecule has 2 rings (SSSR count). The molecular weight excluding hydrogens is 178 g/mol. The van der Waals surface area contributed by atoms with Gasteiger partial charge in [0.15, 0.2) is 0 Å². The molecule has 0 saturated carbocycles. The van der Waals surface area contributed by atoms with E-state index < -0.39 is 0 Å². The minimum atomic E-state index is 0.251. The molecule has 1 aromatic carbocycles. The fourth-order valence-corrected chi connectivity index (χ4v) is 1.68. The Morgan fingerprint density at radius 1 is 1.43 bits per heavy atom. The highest BCUT2D eigenvalue weighted by atomic mass is 16.3. The smallest absolute Gasteiger partial charge is 0.125 e. The first-order chi connectivity index (χ1) is 6.72. The second-order valence-corrected chi connectivity index (χ2v) is 3.31. The van der Waals surface area contributed by atoms with Gasteiger partial charge in [-0.15, -0.1) is 0 Å². The van der Waals surface area contributed by atoms with Crippen molar-refractivity contribution in [2.45, 2.75) is 6.42 Å². The molecule has 0 aliphatic rings. The predicted octanol–water partition coefficient (Wildman–Crippen LogP) is 1.63. The maximum atomic E-state index is 10.4. The lowest BCUT2D eigenvalue weighted by Crippen LogP contribution is -1.95. The molecule has 0 atom stereocenters. The van der Waals surface area contributed by atoms with Crippen LogP contribution in [0.15, 0.2) is 24.3 Å². The molecule has 1 aromatic heterocycles. The van der Waals surface area contributed by atoms with E-state index in [4.69, 9.17) is 0 Å². The topological polar surface area (TPSA) is 42.2 Å². The summed E-state index contributed by atoms with van der Waals surface area (Å²) in [6.45, 7) is 0. The molecule has 0 amide bonds. The van der Waals surface area contributed by atoms with Crippen molar-refractivity contribution in [2.24, 2.45) is 7.05 Å². The van der Waals surface area contributed by atoms with E-state index in [1.165, 1.54) is 0 Å². The number of phenolic OH excluding ortho intramolecular Hbond substituents is 1. The van der Waals surface area contributed by atoms with Crippen LogP contribution in [0.4, 0.5) is 0 Å². The minimum Gasteiger partial charge on any atom is -0.508 e. The third-order valence-electron chi connectivity index (χ3n) is 2.42. The summed E-state index contributed by atoms with van der Waals surface area (Å²) in [6.07, 6.45) is 1.29. The lowest BCUT2D eigenvalue weighted by Gasteiger charge is -1.99. The van der Waals surface area contributed by atoms with Gasteiger partial charge in [-0.05, 0) is 24.3 Å². The number of benzene rings is 1. The summed E-state index contributed by atoms with van der Waals surface area (Å²) in [5.74, 6) is 0.251. The lowest BCUT2D eigenvalue weighted by atomic mass is 10.2. The molecule has 0 spiro atoms. The Balaban J connectivity index is 2.66. The number of hydrogen-bond donors (Lipinski definition) is 1. The second kappa shape index (κ2) is 3.18. The standard InChI is InChI=1S/C11H11NO2/c1-12-9(4-5-13)6-8-7-10(14)2-3-11(8)12/h2-3,5-7,14H,4H2,1H3. The number of aryl methyl sites for hydroxylation is 1.